The number of alkyl halides is 9. The van der Waals surface area contributed by atoms with Crippen LogP contribution in [0.2, 0.25) is 0 Å². The molecule has 12 heteroatoms. The molecule has 0 fully saturated rings. The quantitative estimate of drug-likeness (QED) is 0.524. The monoisotopic (exact) mass is 410 g/mol. The number of anilines is 1. The second kappa shape index (κ2) is 7.47. The third-order valence-corrected chi connectivity index (χ3v) is 3.78. The fraction of sp³-hybridized carbons (Fsp3) is 0.533. The van der Waals surface area contributed by atoms with Gasteiger partial charge in [-0.2, -0.15) is 39.5 Å². The van der Waals surface area contributed by atoms with E-state index in [0.717, 1.165) is 29.7 Å². The first-order chi connectivity index (χ1) is 12.1. The molecular formula is C15H15F9N2O. The van der Waals surface area contributed by atoms with Gasteiger partial charge in [0.2, 0.25) is 5.91 Å². The van der Waals surface area contributed by atoms with Crippen LogP contribution in [0.25, 0.3) is 0 Å². The highest BCUT2D eigenvalue weighted by Gasteiger charge is 2.73. The molecule has 1 aromatic rings. The van der Waals surface area contributed by atoms with Gasteiger partial charge in [0.05, 0.1) is 5.56 Å². The van der Waals surface area contributed by atoms with Crippen LogP contribution in [0.15, 0.2) is 24.3 Å². The lowest BCUT2D eigenvalue weighted by atomic mass is 10.0. The van der Waals surface area contributed by atoms with E-state index in [1.54, 1.807) is 0 Å². The molecule has 2 N–H and O–H groups in total. The van der Waals surface area contributed by atoms with Gasteiger partial charge in [0.25, 0.3) is 0 Å². The molecular weight excluding hydrogens is 395 g/mol. The Balaban J connectivity index is 3.59. The molecule has 0 unspecified atom stereocenters. The van der Waals surface area contributed by atoms with E-state index in [2.05, 4.69) is 0 Å². The zero-order chi connectivity index (χ0) is 21.3. The summed E-state index contributed by atoms with van der Waals surface area (Å²) in [4.78, 5) is 11.8. The molecule has 0 saturated heterocycles. The van der Waals surface area contributed by atoms with Crippen molar-refractivity contribution in [1.29, 1.82) is 0 Å². The Morgan fingerprint density at radius 3 is 1.85 bits per heavy atom. The third kappa shape index (κ3) is 4.78. The van der Waals surface area contributed by atoms with Crippen molar-refractivity contribution >= 4 is 11.6 Å². The Bertz CT molecular complexity index is 650. The summed E-state index contributed by atoms with van der Waals surface area (Å²) in [5.41, 5.74) is -8.34. The second-order valence-electron chi connectivity index (χ2n) is 5.71. The van der Waals surface area contributed by atoms with Crippen molar-refractivity contribution < 1.29 is 44.3 Å². The minimum absolute atomic E-state index is 0.0865. The van der Waals surface area contributed by atoms with Crippen LogP contribution in [0, 0.1) is 5.92 Å². The van der Waals surface area contributed by atoms with Crippen molar-refractivity contribution in [2.45, 2.75) is 44.5 Å². The summed E-state index contributed by atoms with van der Waals surface area (Å²) < 4.78 is 120. The van der Waals surface area contributed by atoms with Crippen LogP contribution in [0.3, 0.4) is 0 Å². The van der Waals surface area contributed by atoms with Crippen LogP contribution in [0.4, 0.5) is 45.2 Å². The number of carbonyl (C=O) groups excluding carboxylic acids is 1. The minimum Gasteiger partial charge on any atom is -0.347 e. The van der Waals surface area contributed by atoms with Crippen LogP contribution >= 0.6 is 0 Å². The summed E-state index contributed by atoms with van der Waals surface area (Å²) >= 11 is 0. The first-order valence-corrected chi connectivity index (χ1v) is 7.46. The summed E-state index contributed by atoms with van der Waals surface area (Å²) in [5, 5.41) is 1.68. The topological polar surface area (TPSA) is 41.1 Å². The lowest BCUT2D eigenvalue weighted by Gasteiger charge is -2.40. The molecule has 0 aliphatic carbocycles. The van der Waals surface area contributed by atoms with E-state index in [9.17, 15) is 44.3 Å². The van der Waals surface area contributed by atoms with Gasteiger partial charge in [0.15, 0.2) is 0 Å². The van der Waals surface area contributed by atoms with E-state index in [1.165, 1.54) is 6.92 Å². The van der Waals surface area contributed by atoms with Gasteiger partial charge in [-0.15, -0.1) is 0 Å². The van der Waals surface area contributed by atoms with E-state index in [0.29, 0.717) is 12.1 Å². The lowest BCUT2D eigenvalue weighted by molar-refractivity contribution is -0.296. The van der Waals surface area contributed by atoms with Crippen LogP contribution in [0.1, 0.15) is 25.8 Å². The lowest BCUT2D eigenvalue weighted by Crippen LogP contribution is -2.72. The second-order valence-corrected chi connectivity index (χ2v) is 5.71. The first-order valence-electron chi connectivity index (χ1n) is 7.46. The van der Waals surface area contributed by atoms with Gasteiger partial charge in [-0.1, -0.05) is 26.0 Å². The third-order valence-electron chi connectivity index (χ3n) is 3.78. The molecule has 0 aliphatic heterocycles. The fourth-order valence-electron chi connectivity index (χ4n) is 2.01. The molecule has 0 aliphatic rings. The molecule has 0 aromatic heterocycles. The van der Waals surface area contributed by atoms with E-state index < -0.39 is 47.3 Å². The molecule has 1 atom stereocenters. The Labute approximate surface area is 147 Å². The van der Waals surface area contributed by atoms with Crippen LogP contribution in [-0.4, -0.2) is 23.9 Å². The number of nitrogens with one attached hydrogen (secondary N) is 2. The van der Waals surface area contributed by atoms with Crippen molar-refractivity contribution in [2.75, 3.05) is 5.32 Å². The standard InChI is InChI=1S/C15H15F9N2O/c1-3-8(2)11(27)26-13(14(19,20)21,15(22,23)24)25-10-7-5-4-6-9(10)12(16,17)18/h4-8,25H,3H2,1-2H3,(H,26,27)/t8-/m1/s1. The van der Waals surface area contributed by atoms with Gasteiger partial charge in [-0.3, -0.25) is 4.79 Å². The number of carbonyl (C=O) groups is 1. The summed E-state index contributed by atoms with van der Waals surface area (Å²) in [5.74, 6) is -2.86. The van der Waals surface area contributed by atoms with E-state index in [1.807, 2.05) is 0 Å². The molecule has 27 heavy (non-hydrogen) atoms. The van der Waals surface area contributed by atoms with Gasteiger partial charge in [-0.25, -0.2) is 0 Å². The highest BCUT2D eigenvalue weighted by molar-refractivity contribution is 5.80. The maximum atomic E-state index is 13.4. The van der Waals surface area contributed by atoms with Gasteiger partial charge >= 0.3 is 24.2 Å². The van der Waals surface area contributed by atoms with Crippen molar-refractivity contribution in [3.63, 3.8) is 0 Å². The Hall–Kier alpha value is -2.14. The molecule has 1 rings (SSSR count). The molecule has 1 amide bonds. The number of hydrogen-bond donors (Lipinski definition) is 2. The summed E-state index contributed by atoms with van der Waals surface area (Å²) in [6.07, 6.45) is -17.7. The maximum Gasteiger partial charge on any atom is 0.439 e. The van der Waals surface area contributed by atoms with Crippen molar-refractivity contribution in [3.05, 3.63) is 29.8 Å². The average Bonchev–Trinajstić information content (AvgIpc) is 2.50. The number of rotatable bonds is 5. The van der Waals surface area contributed by atoms with Gasteiger partial charge in [-0.05, 0) is 18.6 Å². The Kier molecular flexibility index (Phi) is 6.33. The van der Waals surface area contributed by atoms with Crippen molar-refractivity contribution in [3.8, 4) is 0 Å². The molecule has 3 nitrogen and oxygen atoms in total. The fourth-order valence-corrected chi connectivity index (χ4v) is 2.01. The van der Waals surface area contributed by atoms with Crippen molar-refractivity contribution in [2.24, 2.45) is 5.92 Å². The number of hydrogen-bond acceptors (Lipinski definition) is 2. The molecule has 1 aromatic carbocycles. The number of benzene rings is 1. The number of halogens is 9. The van der Waals surface area contributed by atoms with Crippen LogP contribution in [0.5, 0.6) is 0 Å². The largest absolute Gasteiger partial charge is 0.439 e. The number of para-hydroxylation sites is 1. The Morgan fingerprint density at radius 2 is 1.44 bits per heavy atom. The predicted octanol–water partition coefficient (Wildman–Crippen LogP) is 5.10. The maximum absolute atomic E-state index is 13.4. The zero-order valence-electron chi connectivity index (χ0n) is 13.9. The molecule has 0 heterocycles. The van der Waals surface area contributed by atoms with Gasteiger partial charge in [0, 0.05) is 11.6 Å². The van der Waals surface area contributed by atoms with E-state index in [-0.39, 0.29) is 6.42 Å². The van der Waals surface area contributed by atoms with Crippen LogP contribution in [-0.2, 0) is 11.0 Å². The van der Waals surface area contributed by atoms with E-state index >= 15 is 0 Å². The molecule has 0 bridgehead atoms. The zero-order valence-corrected chi connectivity index (χ0v) is 13.9. The molecule has 0 saturated carbocycles. The highest BCUT2D eigenvalue weighted by Crippen LogP contribution is 2.45. The molecule has 0 radical (unpaired) electrons. The van der Waals surface area contributed by atoms with Gasteiger partial charge < -0.3 is 10.6 Å². The summed E-state index contributed by atoms with van der Waals surface area (Å²) in [7, 11) is 0. The minimum atomic E-state index is -6.20. The smallest absolute Gasteiger partial charge is 0.347 e. The van der Waals surface area contributed by atoms with Crippen LogP contribution < -0.4 is 10.6 Å². The summed E-state index contributed by atoms with van der Waals surface area (Å²) in [6.45, 7) is 2.43. The SMILES string of the molecule is CC[C@@H](C)C(=O)NC(Nc1ccccc1C(F)(F)F)(C(F)(F)F)C(F)(F)F. The average molecular weight is 410 g/mol. The first kappa shape index (κ1) is 22.9. The Morgan fingerprint density at radius 1 is 0.963 bits per heavy atom. The molecule has 154 valence electrons. The highest BCUT2D eigenvalue weighted by atomic mass is 19.4. The van der Waals surface area contributed by atoms with E-state index in [4.69, 9.17) is 0 Å². The summed E-state index contributed by atoms with van der Waals surface area (Å²) in [6, 6.07) is 2.35. The molecule has 0 spiro atoms. The normalized spacial score (nSPS) is 14.6. The van der Waals surface area contributed by atoms with Gasteiger partial charge in [0.1, 0.15) is 0 Å². The predicted molar refractivity (Wildman–Crippen MR) is 77.5 cm³/mol. The number of amides is 1. The van der Waals surface area contributed by atoms with Crippen molar-refractivity contribution in [1.82, 2.24) is 5.32 Å².